The number of hydrogen-bond donors (Lipinski definition) is 2. The maximum atomic E-state index is 13.4. The number of halogens is 1. The molecule has 6 nitrogen and oxygen atoms in total. The van der Waals surface area contributed by atoms with E-state index in [1.807, 2.05) is 25.1 Å². The number of hydrogen-bond acceptors (Lipinski definition) is 6. The lowest BCUT2D eigenvalue weighted by atomic mass is 10.2. The van der Waals surface area contributed by atoms with Crippen LogP contribution in [0.3, 0.4) is 0 Å². The van der Waals surface area contributed by atoms with Crippen molar-refractivity contribution in [3.63, 3.8) is 0 Å². The first-order valence-corrected chi connectivity index (χ1v) is 12.2. The van der Waals surface area contributed by atoms with Crippen molar-refractivity contribution in [1.29, 1.82) is 0 Å². The van der Waals surface area contributed by atoms with Crippen molar-refractivity contribution in [2.24, 2.45) is 0 Å². The molecule has 0 unspecified atom stereocenters. The van der Waals surface area contributed by atoms with Gasteiger partial charge >= 0.3 is 0 Å². The third-order valence-electron chi connectivity index (χ3n) is 5.00. The molecule has 33 heavy (non-hydrogen) atoms. The molecule has 8 heteroatoms. The molecule has 0 spiro atoms. The quantitative estimate of drug-likeness (QED) is 0.285. The van der Waals surface area contributed by atoms with Crippen LogP contribution >= 0.6 is 15.9 Å². The van der Waals surface area contributed by atoms with Crippen molar-refractivity contribution < 1.29 is 17.9 Å². The van der Waals surface area contributed by atoms with Crippen LogP contribution in [-0.2, 0) is 9.84 Å². The summed E-state index contributed by atoms with van der Waals surface area (Å²) < 4.78 is 39.4. The third-order valence-corrected chi connectivity index (χ3v) is 7.67. The molecule has 0 aliphatic carbocycles. The highest BCUT2D eigenvalue weighted by molar-refractivity contribution is 9.10. The standard InChI is InChI=1S/C25H21BrN2O4S/c1-16-20(26)5-4-7-23(16)31-17-9-12-19(13-10-17)33(29,30)25-8-3-2-6-24(25)32-18-11-14-21(27)22(28)15-18/h2-15H,27-28H2,1H3. The van der Waals surface area contributed by atoms with E-state index in [2.05, 4.69) is 15.9 Å². The van der Waals surface area contributed by atoms with Gasteiger partial charge < -0.3 is 20.9 Å². The first-order valence-electron chi connectivity index (χ1n) is 9.96. The first kappa shape index (κ1) is 22.7. The lowest BCUT2D eigenvalue weighted by Gasteiger charge is -2.13. The Bertz CT molecular complexity index is 1420. The van der Waals surface area contributed by atoms with Crippen molar-refractivity contribution in [2.45, 2.75) is 16.7 Å². The van der Waals surface area contributed by atoms with Crippen LogP contribution in [0.25, 0.3) is 0 Å². The van der Waals surface area contributed by atoms with Gasteiger partial charge in [-0.05, 0) is 67.6 Å². The van der Waals surface area contributed by atoms with Crippen LogP contribution in [0.5, 0.6) is 23.0 Å². The van der Waals surface area contributed by atoms with Crippen molar-refractivity contribution in [1.82, 2.24) is 0 Å². The van der Waals surface area contributed by atoms with Gasteiger partial charge in [0.05, 0.1) is 16.3 Å². The number of rotatable bonds is 6. The third kappa shape index (κ3) is 4.81. The lowest BCUT2D eigenvalue weighted by molar-refractivity contribution is 0.468. The van der Waals surface area contributed by atoms with E-state index < -0.39 is 9.84 Å². The fourth-order valence-corrected chi connectivity index (χ4v) is 4.87. The average molecular weight is 525 g/mol. The average Bonchev–Trinajstić information content (AvgIpc) is 2.80. The Hall–Kier alpha value is -3.49. The summed E-state index contributed by atoms with van der Waals surface area (Å²) in [6.45, 7) is 1.93. The number of sulfone groups is 1. The van der Waals surface area contributed by atoms with Crippen LogP contribution in [0.1, 0.15) is 5.56 Å². The minimum atomic E-state index is -3.86. The molecule has 0 heterocycles. The SMILES string of the molecule is Cc1c(Br)cccc1Oc1ccc(S(=O)(=O)c2ccccc2Oc2ccc(N)c(N)c2)cc1. The minimum Gasteiger partial charge on any atom is -0.457 e. The largest absolute Gasteiger partial charge is 0.457 e. The molecule has 0 aromatic heterocycles. The molecule has 4 aromatic carbocycles. The van der Waals surface area contributed by atoms with Crippen LogP contribution in [0.2, 0.25) is 0 Å². The Kier molecular flexibility index (Phi) is 6.31. The van der Waals surface area contributed by atoms with Gasteiger partial charge in [0.25, 0.3) is 0 Å². The van der Waals surface area contributed by atoms with E-state index in [9.17, 15) is 8.42 Å². The predicted molar refractivity (Wildman–Crippen MR) is 133 cm³/mol. The Morgan fingerprint density at radius 1 is 0.727 bits per heavy atom. The van der Waals surface area contributed by atoms with Gasteiger partial charge in [0.2, 0.25) is 9.84 Å². The topological polar surface area (TPSA) is 105 Å². The summed E-state index contributed by atoms with van der Waals surface area (Å²) in [5.74, 6) is 1.78. The zero-order valence-corrected chi connectivity index (χ0v) is 20.1. The summed E-state index contributed by atoms with van der Waals surface area (Å²) in [4.78, 5) is 0.158. The van der Waals surface area contributed by atoms with E-state index >= 15 is 0 Å². The van der Waals surface area contributed by atoms with E-state index in [-0.39, 0.29) is 15.5 Å². The molecule has 0 bridgehead atoms. The number of ether oxygens (including phenoxy) is 2. The molecule has 0 radical (unpaired) electrons. The van der Waals surface area contributed by atoms with Gasteiger partial charge in [0.1, 0.15) is 27.9 Å². The van der Waals surface area contributed by atoms with Crippen LogP contribution in [0.4, 0.5) is 11.4 Å². The van der Waals surface area contributed by atoms with Crippen molar-refractivity contribution >= 4 is 37.1 Å². The molecule has 0 saturated heterocycles. The second kappa shape index (κ2) is 9.17. The fourth-order valence-electron chi connectivity index (χ4n) is 3.14. The molecule has 0 fully saturated rings. The summed E-state index contributed by atoms with van der Waals surface area (Å²) in [5.41, 5.74) is 13.3. The zero-order valence-electron chi connectivity index (χ0n) is 17.7. The Labute approximate surface area is 200 Å². The molecular weight excluding hydrogens is 504 g/mol. The highest BCUT2D eigenvalue weighted by Gasteiger charge is 2.23. The Morgan fingerprint density at radius 3 is 2.09 bits per heavy atom. The minimum absolute atomic E-state index is 0.0388. The molecule has 4 rings (SSSR count). The molecule has 168 valence electrons. The van der Waals surface area contributed by atoms with Crippen molar-refractivity contribution in [3.05, 3.63) is 95.0 Å². The highest BCUT2D eigenvalue weighted by atomic mass is 79.9. The van der Waals surface area contributed by atoms with Crippen LogP contribution in [0.15, 0.2) is 99.2 Å². The molecule has 4 aromatic rings. The number of benzene rings is 4. The summed E-state index contributed by atoms with van der Waals surface area (Å²) in [5, 5.41) is 0. The van der Waals surface area contributed by atoms with E-state index in [1.54, 1.807) is 48.5 Å². The molecular formula is C25H21BrN2O4S. The molecule has 0 aliphatic rings. The van der Waals surface area contributed by atoms with Crippen LogP contribution < -0.4 is 20.9 Å². The van der Waals surface area contributed by atoms with Gasteiger partial charge in [-0.1, -0.05) is 34.1 Å². The normalized spacial score (nSPS) is 11.2. The second-order valence-corrected chi connectivity index (χ2v) is 10.1. The summed E-state index contributed by atoms with van der Waals surface area (Å²) in [7, 11) is -3.86. The number of nitrogen functional groups attached to an aromatic ring is 2. The van der Waals surface area contributed by atoms with E-state index in [1.165, 1.54) is 18.2 Å². The highest BCUT2D eigenvalue weighted by Crippen LogP contribution is 2.35. The van der Waals surface area contributed by atoms with Gasteiger partial charge in [0.15, 0.2) is 0 Å². The number of nitrogens with two attached hydrogens (primary N) is 2. The Balaban J connectivity index is 1.62. The summed E-state index contributed by atoms with van der Waals surface area (Å²) in [6, 6.07) is 23.1. The zero-order chi connectivity index (χ0) is 23.6. The fraction of sp³-hybridized carbons (Fsp3) is 0.0400. The van der Waals surface area contributed by atoms with Crippen molar-refractivity contribution in [2.75, 3.05) is 11.5 Å². The maximum Gasteiger partial charge on any atom is 0.210 e. The van der Waals surface area contributed by atoms with E-state index in [0.717, 1.165) is 10.0 Å². The van der Waals surface area contributed by atoms with Crippen LogP contribution in [-0.4, -0.2) is 8.42 Å². The van der Waals surface area contributed by atoms with Gasteiger partial charge in [0, 0.05) is 16.1 Å². The lowest BCUT2D eigenvalue weighted by Crippen LogP contribution is -2.04. The van der Waals surface area contributed by atoms with Gasteiger partial charge in [-0.2, -0.15) is 0 Å². The molecule has 0 saturated carbocycles. The van der Waals surface area contributed by atoms with E-state index in [0.29, 0.717) is 28.6 Å². The van der Waals surface area contributed by atoms with Gasteiger partial charge in [-0.3, -0.25) is 0 Å². The number of para-hydroxylation sites is 1. The Morgan fingerprint density at radius 2 is 1.36 bits per heavy atom. The monoisotopic (exact) mass is 524 g/mol. The smallest absolute Gasteiger partial charge is 0.210 e. The van der Waals surface area contributed by atoms with E-state index in [4.69, 9.17) is 20.9 Å². The molecule has 0 amide bonds. The number of anilines is 2. The molecule has 4 N–H and O–H groups in total. The molecule has 0 aliphatic heterocycles. The van der Waals surface area contributed by atoms with Crippen molar-refractivity contribution in [3.8, 4) is 23.0 Å². The molecule has 0 atom stereocenters. The maximum absolute atomic E-state index is 13.4. The summed E-state index contributed by atoms with van der Waals surface area (Å²) in [6.07, 6.45) is 0. The summed E-state index contributed by atoms with van der Waals surface area (Å²) >= 11 is 3.48. The first-order chi connectivity index (χ1) is 15.8. The second-order valence-electron chi connectivity index (χ2n) is 7.28. The predicted octanol–water partition coefficient (Wildman–Crippen LogP) is 6.34. The van der Waals surface area contributed by atoms with Gasteiger partial charge in [-0.25, -0.2) is 8.42 Å². The van der Waals surface area contributed by atoms with Crippen LogP contribution in [0, 0.1) is 6.92 Å². The van der Waals surface area contributed by atoms with Gasteiger partial charge in [-0.15, -0.1) is 0 Å².